The molecule has 0 saturated heterocycles. The Labute approximate surface area is 189 Å². The number of ketones is 1. The Hall–Kier alpha value is -3.28. The van der Waals surface area contributed by atoms with Crippen LogP contribution in [0.15, 0.2) is 72.9 Å². The third-order valence-electron chi connectivity index (χ3n) is 4.96. The number of amides is 1. The van der Waals surface area contributed by atoms with Crippen molar-refractivity contribution in [2.45, 2.75) is 6.54 Å². The zero-order valence-electron chi connectivity index (χ0n) is 16.6. The summed E-state index contributed by atoms with van der Waals surface area (Å²) in [5.41, 5.74) is 3.08. The van der Waals surface area contributed by atoms with Crippen molar-refractivity contribution >= 4 is 40.4 Å². The summed E-state index contributed by atoms with van der Waals surface area (Å²) in [4.78, 5) is 26.0. The van der Waals surface area contributed by atoms with Crippen LogP contribution in [0.3, 0.4) is 0 Å². The van der Waals surface area contributed by atoms with Crippen LogP contribution in [0.4, 0.5) is 0 Å². The van der Waals surface area contributed by atoms with E-state index in [9.17, 15) is 9.59 Å². The van der Waals surface area contributed by atoms with Gasteiger partial charge in [0.2, 0.25) is 0 Å². The summed E-state index contributed by atoms with van der Waals surface area (Å²) in [6.45, 7) is 0.150. The van der Waals surface area contributed by atoms with Crippen molar-refractivity contribution < 1.29 is 14.3 Å². The highest BCUT2D eigenvalue weighted by Crippen LogP contribution is 2.34. The summed E-state index contributed by atoms with van der Waals surface area (Å²) < 4.78 is 6.91. The first-order chi connectivity index (χ1) is 15.0. The van der Waals surface area contributed by atoms with Gasteiger partial charge in [-0.25, -0.2) is 0 Å². The van der Waals surface area contributed by atoms with E-state index < -0.39 is 11.7 Å². The number of hydrogen-bond acceptors (Lipinski definition) is 3. The number of hydrogen-bond donors (Lipinski definition) is 1. The number of pyridine rings is 1. The molecule has 1 amide bonds. The first kappa shape index (κ1) is 21.0. The van der Waals surface area contributed by atoms with Gasteiger partial charge in [0, 0.05) is 28.8 Å². The van der Waals surface area contributed by atoms with Gasteiger partial charge >= 0.3 is 0 Å². The summed E-state index contributed by atoms with van der Waals surface area (Å²) in [5, 5.41) is 3.61. The van der Waals surface area contributed by atoms with Gasteiger partial charge in [-0.2, -0.15) is 0 Å². The lowest BCUT2D eigenvalue weighted by Gasteiger charge is -2.10. The van der Waals surface area contributed by atoms with Gasteiger partial charge in [0.05, 0.1) is 12.1 Å². The fourth-order valence-electron chi connectivity index (χ4n) is 3.41. The van der Waals surface area contributed by atoms with E-state index >= 15 is 0 Å². The van der Waals surface area contributed by atoms with E-state index in [-0.39, 0.29) is 12.2 Å². The summed E-state index contributed by atoms with van der Waals surface area (Å²) in [5.74, 6) is -0.843. The van der Waals surface area contributed by atoms with Crippen molar-refractivity contribution in [3.05, 3.63) is 94.2 Å². The Bertz CT molecular complexity index is 1300. The fraction of sp³-hybridized carbons (Fsp3) is 0.0833. The van der Waals surface area contributed by atoms with Crippen molar-refractivity contribution in [1.82, 2.24) is 9.72 Å². The number of aromatic nitrogens is 1. The van der Waals surface area contributed by atoms with Crippen LogP contribution in [0, 0.1) is 0 Å². The number of fused-ring (bicyclic) bond motifs is 1. The van der Waals surface area contributed by atoms with Crippen molar-refractivity contribution in [3.8, 4) is 16.9 Å². The van der Waals surface area contributed by atoms with Crippen LogP contribution in [0.2, 0.25) is 10.0 Å². The first-order valence-electron chi connectivity index (χ1n) is 9.49. The number of nitrogens with zero attached hydrogens (tertiary/aromatic N) is 1. The Balaban J connectivity index is 1.71. The third-order valence-corrected chi connectivity index (χ3v) is 5.63. The second-order valence-electron chi connectivity index (χ2n) is 6.85. The molecular formula is C24H18Cl2N2O3. The molecule has 2 aromatic heterocycles. The first-order valence-corrected chi connectivity index (χ1v) is 10.2. The number of rotatable bonds is 6. The predicted molar refractivity (Wildman–Crippen MR) is 122 cm³/mol. The maximum atomic E-state index is 13.2. The molecular weight excluding hydrogens is 435 g/mol. The molecule has 0 aliphatic heterocycles. The summed E-state index contributed by atoms with van der Waals surface area (Å²) >= 11 is 12.4. The maximum absolute atomic E-state index is 13.2. The van der Waals surface area contributed by atoms with Crippen molar-refractivity contribution in [1.29, 1.82) is 0 Å². The van der Waals surface area contributed by atoms with Crippen LogP contribution in [-0.2, 0) is 11.3 Å². The molecule has 2 aromatic carbocycles. The lowest BCUT2D eigenvalue weighted by molar-refractivity contribution is -0.117. The highest BCUT2D eigenvalue weighted by Gasteiger charge is 2.25. The topological polar surface area (TPSA) is 59.8 Å². The number of methoxy groups -OCH3 is 1. The van der Waals surface area contributed by atoms with E-state index in [1.165, 1.54) is 7.11 Å². The molecule has 0 atom stereocenters. The smallest absolute Gasteiger partial charge is 0.294 e. The molecule has 0 spiro atoms. The molecule has 156 valence electrons. The quantitative estimate of drug-likeness (QED) is 0.313. The molecule has 0 fully saturated rings. The van der Waals surface area contributed by atoms with Gasteiger partial charge in [0.15, 0.2) is 0 Å². The van der Waals surface area contributed by atoms with Crippen LogP contribution >= 0.6 is 23.2 Å². The Morgan fingerprint density at radius 1 is 0.968 bits per heavy atom. The largest absolute Gasteiger partial charge is 0.495 e. The van der Waals surface area contributed by atoms with Crippen LogP contribution in [0.25, 0.3) is 16.6 Å². The van der Waals surface area contributed by atoms with E-state index in [2.05, 4.69) is 5.32 Å². The molecule has 5 nitrogen and oxygen atoms in total. The zero-order valence-corrected chi connectivity index (χ0v) is 18.1. The lowest BCUT2D eigenvalue weighted by atomic mass is 10.0. The maximum Gasteiger partial charge on any atom is 0.294 e. The summed E-state index contributed by atoms with van der Waals surface area (Å²) in [6.07, 6.45) is 1.75. The molecule has 2 heterocycles. The molecule has 0 radical (unpaired) electrons. The van der Waals surface area contributed by atoms with Crippen LogP contribution in [0.5, 0.6) is 5.75 Å². The number of halogens is 2. The molecule has 4 aromatic rings. The molecule has 31 heavy (non-hydrogen) atoms. The standard InChI is InChI=1S/C24H18Cl2N2O3/c1-31-21-10-9-15(12-20(21)26)18-13-17-7-4-5-11-28(17)22(18)23(29)24(30)27-14-16-6-2-3-8-19(16)25/h2-13H,14H2,1H3,(H,27,30). The van der Waals surface area contributed by atoms with Crippen LogP contribution < -0.4 is 10.1 Å². The number of ether oxygens (including phenoxy) is 1. The molecule has 0 saturated carbocycles. The average molecular weight is 453 g/mol. The van der Waals surface area contributed by atoms with Crippen molar-refractivity contribution in [2.75, 3.05) is 7.11 Å². The lowest BCUT2D eigenvalue weighted by Crippen LogP contribution is -2.31. The number of carbonyl (C=O) groups excluding carboxylic acids is 2. The Kier molecular flexibility index (Phi) is 5.98. The van der Waals surface area contributed by atoms with Gasteiger partial charge in [-0.15, -0.1) is 0 Å². The molecule has 1 N–H and O–H groups in total. The monoisotopic (exact) mass is 452 g/mol. The Morgan fingerprint density at radius 2 is 1.74 bits per heavy atom. The zero-order chi connectivity index (χ0) is 22.0. The molecule has 0 aliphatic carbocycles. The van der Waals surface area contributed by atoms with Gasteiger partial charge < -0.3 is 14.5 Å². The second-order valence-corrected chi connectivity index (χ2v) is 7.67. The number of carbonyl (C=O) groups is 2. The molecule has 4 rings (SSSR count). The second kappa shape index (κ2) is 8.84. The van der Waals surface area contributed by atoms with Gasteiger partial charge in [-0.05, 0) is 47.5 Å². The van der Waals surface area contributed by atoms with Crippen LogP contribution in [0.1, 0.15) is 16.1 Å². The number of Topliss-reactive ketones (excluding diaryl/α,β-unsaturated/α-hetero) is 1. The predicted octanol–water partition coefficient (Wildman–Crippen LogP) is 5.42. The molecule has 7 heteroatoms. The highest BCUT2D eigenvalue weighted by atomic mass is 35.5. The molecule has 0 unspecified atom stereocenters. The minimum absolute atomic E-state index is 0.150. The van der Waals surface area contributed by atoms with Crippen molar-refractivity contribution in [2.24, 2.45) is 0 Å². The molecule has 0 aliphatic rings. The minimum Gasteiger partial charge on any atom is -0.495 e. The highest BCUT2D eigenvalue weighted by molar-refractivity contribution is 6.43. The van der Waals surface area contributed by atoms with E-state index in [1.54, 1.807) is 53.1 Å². The van der Waals surface area contributed by atoms with Crippen LogP contribution in [-0.4, -0.2) is 23.2 Å². The van der Waals surface area contributed by atoms with Gasteiger partial charge in [-0.3, -0.25) is 9.59 Å². The van der Waals surface area contributed by atoms with E-state index in [4.69, 9.17) is 27.9 Å². The summed E-state index contributed by atoms with van der Waals surface area (Å²) in [7, 11) is 1.53. The Morgan fingerprint density at radius 3 is 2.48 bits per heavy atom. The fourth-order valence-corrected chi connectivity index (χ4v) is 3.87. The van der Waals surface area contributed by atoms with E-state index in [0.717, 1.165) is 11.1 Å². The van der Waals surface area contributed by atoms with E-state index in [0.29, 0.717) is 26.9 Å². The molecule has 0 bridgehead atoms. The van der Waals surface area contributed by atoms with Gasteiger partial charge in [-0.1, -0.05) is 53.5 Å². The number of nitrogens with one attached hydrogen (secondary N) is 1. The van der Waals surface area contributed by atoms with Gasteiger partial charge in [0.25, 0.3) is 11.7 Å². The third kappa shape index (κ3) is 4.15. The summed E-state index contributed by atoms with van der Waals surface area (Å²) in [6, 6.07) is 19.8. The average Bonchev–Trinajstić information content (AvgIpc) is 3.17. The van der Waals surface area contributed by atoms with Crippen molar-refractivity contribution in [3.63, 3.8) is 0 Å². The minimum atomic E-state index is -0.718. The van der Waals surface area contributed by atoms with Gasteiger partial charge in [0.1, 0.15) is 11.4 Å². The number of benzene rings is 2. The SMILES string of the molecule is COc1ccc(-c2cc3ccccn3c2C(=O)C(=O)NCc2ccccc2Cl)cc1Cl. The van der Waals surface area contributed by atoms with E-state index in [1.807, 2.05) is 24.3 Å². The normalized spacial score (nSPS) is 10.8.